The zero-order chi connectivity index (χ0) is 17.5. The first kappa shape index (κ1) is 17.3. The molecule has 0 aliphatic rings. The average Bonchev–Trinajstić information content (AvgIpc) is 3.00. The number of nitriles is 1. The number of methoxy groups -OCH3 is 1. The lowest BCUT2D eigenvalue weighted by Gasteiger charge is -2.09. The Morgan fingerprint density at radius 1 is 1.42 bits per heavy atom. The second-order valence-corrected chi connectivity index (χ2v) is 5.21. The molecule has 24 heavy (non-hydrogen) atoms. The fraction of sp³-hybridized carbons (Fsp3) is 0.353. The molecule has 0 saturated carbocycles. The maximum absolute atomic E-state index is 9.08. The van der Waals surface area contributed by atoms with Crippen LogP contribution >= 0.6 is 0 Å². The molecule has 7 heteroatoms. The molecule has 7 nitrogen and oxygen atoms in total. The van der Waals surface area contributed by atoms with E-state index in [1.54, 1.807) is 19.4 Å². The van der Waals surface area contributed by atoms with Crippen LogP contribution in [0.2, 0.25) is 0 Å². The molecule has 2 aromatic rings. The van der Waals surface area contributed by atoms with Crippen LogP contribution < -0.4 is 14.9 Å². The summed E-state index contributed by atoms with van der Waals surface area (Å²) in [7, 11) is 1.58. The molecular weight excluding hydrogens is 308 g/mol. The molecule has 0 bridgehead atoms. The van der Waals surface area contributed by atoms with Gasteiger partial charge >= 0.3 is 0 Å². The molecule has 0 amide bonds. The quantitative estimate of drug-likeness (QED) is 0.617. The fourth-order valence-corrected chi connectivity index (χ4v) is 1.94. The lowest BCUT2D eigenvalue weighted by molar-refractivity contribution is 0.311. The fourth-order valence-electron chi connectivity index (χ4n) is 1.94. The van der Waals surface area contributed by atoms with Gasteiger partial charge in [0.2, 0.25) is 11.6 Å². The minimum Gasteiger partial charge on any atom is -0.493 e. The minimum atomic E-state index is 0.0898. The summed E-state index contributed by atoms with van der Waals surface area (Å²) < 4.78 is 16.3. The van der Waals surface area contributed by atoms with E-state index in [1.807, 2.05) is 39.0 Å². The van der Waals surface area contributed by atoms with E-state index in [4.69, 9.17) is 19.2 Å². The van der Waals surface area contributed by atoms with Crippen LogP contribution in [0.25, 0.3) is 0 Å². The highest BCUT2D eigenvalue weighted by atomic mass is 16.5. The Morgan fingerprint density at radius 3 is 2.83 bits per heavy atom. The number of anilines is 1. The summed E-state index contributed by atoms with van der Waals surface area (Å²) in [6.07, 6.45) is 1.59. The van der Waals surface area contributed by atoms with Crippen molar-refractivity contribution in [1.29, 1.82) is 5.26 Å². The van der Waals surface area contributed by atoms with Gasteiger partial charge in [0, 0.05) is 5.92 Å². The average molecular weight is 328 g/mol. The van der Waals surface area contributed by atoms with Crippen LogP contribution in [0.3, 0.4) is 0 Å². The second kappa shape index (κ2) is 8.02. The lowest BCUT2D eigenvalue weighted by Crippen LogP contribution is -1.97. The Morgan fingerprint density at radius 2 is 2.21 bits per heavy atom. The normalized spacial score (nSPS) is 10.8. The maximum Gasteiger partial charge on any atom is 0.252 e. The summed E-state index contributed by atoms with van der Waals surface area (Å²) in [5, 5.41) is 13.2. The number of benzene rings is 1. The largest absolute Gasteiger partial charge is 0.493 e. The predicted octanol–water partition coefficient (Wildman–Crippen LogP) is 3.52. The SMILES string of the molecule is CCOc1ccc(C=NNc2oc(C(C)C)nc2C#N)cc1OC. The van der Waals surface area contributed by atoms with Crippen molar-refractivity contribution in [2.75, 3.05) is 19.1 Å². The predicted molar refractivity (Wildman–Crippen MR) is 90.7 cm³/mol. The number of hydrogen-bond acceptors (Lipinski definition) is 7. The van der Waals surface area contributed by atoms with Crippen LogP contribution in [0.15, 0.2) is 27.7 Å². The summed E-state index contributed by atoms with van der Waals surface area (Å²) in [5.41, 5.74) is 3.70. The van der Waals surface area contributed by atoms with Gasteiger partial charge in [-0.1, -0.05) is 13.8 Å². The van der Waals surface area contributed by atoms with Crippen molar-refractivity contribution in [3.8, 4) is 17.6 Å². The van der Waals surface area contributed by atoms with Crippen molar-refractivity contribution >= 4 is 12.1 Å². The van der Waals surface area contributed by atoms with Gasteiger partial charge in [0.1, 0.15) is 6.07 Å². The van der Waals surface area contributed by atoms with Crippen LogP contribution in [-0.4, -0.2) is 24.9 Å². The minimum absolute atomic E-state index is 0.0898. The third kappa shape index (κ3) is 4.04. The first-order valence-corrected chi connectivity index (χ1v) is 7.59. The van der Waals surface area contributed by atoms with Gasteiger partial charge in [-0.05, 0) is 30.7 Å². The summed E-state index contributed by atoms with van der Waals surface area (Å²) in [6.45, 7) is 6.35. The highest BCUT2D eigenvalue weighted by Gasteiger charge is 2.14. The third-order valence-electron chi connectivity index (χ3n) is 3.11. The number of oxazole rings is 1. The highest BCUT2D eigenvalue weighted by Crippen LogP contribution is 2.27. The molecule has 0 atom stereocenters. The van der Waals surface area contributed by atoms with Gasteiger partial charge < -0.3 is 13.9 Å². The zero-order valence-electron chi connectivity index (χ0n) is 14.2. The Bertz CT molecular complexity index is 760. The van der Waals surface area contributed by atoms with Gasteiger partial charge in [-0.2, -0.15) is 10.4 Å². The molecule has 0 spiro atoms. The van der Waals surface area contributed by atoms with Gasteiger partial charge in [-0.15, -0.1) is 0 Å². The van der Waals surface area contributed by atoms with E-state index in [1.165, 1.54) is 0 Å². The summed E-state index contributed by atoms with van der Waals surface area (Å²) in [5.74, 6) is 2.11. The molecule has 2 rings (SSSR count). The van der Waals surface area contributed by atoms with Gasteiger partial charge in [-0.3, -0.25) is 0 Å². The van der Waals surface area contributed by atoms with E-state index >= 15 is 0 Å². The third-order valence-corrected chi connectivity index (χ3v) is 3.11. The molecule has 0 unspecified atom stereocenters. The smallest absolute Gasteiger partial charge is 0.252 e. The van der Waals surface area contributed by atoms with Gasteiger partial charge in [0.05, 0.1) is 19.9 Å². The zero-order valence-corrected chi connectivity index (χ0v) is 14.2. The van der Waals surface area contributed by atoms with Crippen molar-refractivity contribution in [2.24, 2.45) is 5.10 Å². The Kier molecular flexibility index (Phi) is 5.79. The molecule has 1 aromatic carbocycles. The van der Waals surface area contributed by atoms with Crippen LogP contribution in [-0.2, 0) is 0 Å². The monoisotopic (exact) mass is 328 g/mol. The summed E-state index contributed by atoms with van der Waals surface area (Å²) >= 11 is 0. The van der Waals surface area contributed by atoms with Crippen LogP contribution in [0, 0.1) is 11.3 Å². The van der Waals surface area contributed by atoms with Crippen LogP contribution in [0.5, 0.6) is 11.5 Å². The van der Waals surface area contributed by atoms with Gasteiger partial charge in [0.15, 0.2) is 11.5 Å². The highest BCUT2D eigenvalue weighted by molar-refractivity contribution is 5.81. The van der Waals surface area contributed by atoms with E-state index in [-0.39, 0.29) is 17.5 Å². The molecular formula is C17H20N4O3. The Labute approximate surface area is 140 Å². The van der Waals surface area contributed by atoms with Gasteiger partial charge in [-0.25, -0.2) is 10.4 Å². The van der Waals surface area contributed by atoms with Crippen LogP contribution in [0.4, 0.5) is 5.88 Å². The molecule has 1 aromatic heterocycles. The molecule has 0 aliphatic heterocycles. The van der Waals surface area contributed by atoms with Crippen molar-refractivity contribution in [3.63, 3.8) is 0 Å². The topological polar surface area (TPSA) is 92.7 Å². The van der Waals surface area contributed by atoms with E-state index < -0.39 is 0 Å². The molecule has 0 aliphatic carbocycles. The molecule has 0 fully saturated rings. The maximum atomic E-state index is 9.08. The first-order chi connectivity index (χ1) is 11.6. The van der Waals surface area contributed by atoms with Crippen molar-refractivity contribution in [2.45, 2.75) is 26.7 Å². The first-order valence-electron chi connectivity index (χ1n) is 7.59. The van der Waals surface area contributed by atoms with E-state index in [9.17, 15) is 0 Å². The molecule has 126 valence electrons. The summed E-state index contributed by atoms with van der Waals surface area (Å²) in [4.78, 5) is 4.11. The number of hydrogen-bond donors (Lipinski definition) is 1. The standard InChI is InChI=1S/C17H20N4O3/c1-5-23-14-7-6-12(8-15(14)22-4)10-19-21-17-13(9-18)20-16(24-17)11(2)3/h6-8,10-11,21H,5H2,1-4H3. The number of aromatic nitrogens is 1. The van der Waals surface area contributed by atoms with E-state index in [0.29, 0.717) is 24.0 Å². The molecule has 0 saturated heterocycles. The van der Waals surface area contributed by atoms with E-state index in [2.05, 4.69) is 15.5 Å². The number of nitrogens with zero attached hydrogens (tertiary/aromatic N) is 3. The lowest BCUT2D eigenvalue weighted by atomic mass is 10.2. The van der Waals surface area contributed by atoms with Crippen LogP contribution in [0.1, 0.15) is 43.8 Å². The summed E-state index contributed by atoms with van der Waals surface area (Å²) in [6, 6.07) is 7.45. The van der Waals surface area contributed by atoms with Crippen molar-refractivity contribution in [1.82, 2.24) is 4.98 Å². The van der Waals surface area contributed by atoms with Crippen molar-refractivity contribution in [3.05, 3.63) is 35.3 Å². The van der Waals surface area contributed by atoms with Crippen molar-refractivity contribution < 1.29 is 13.9 Å². The Balaban J connectivity index is 2.13. The number of rotatable bonds is 7. The van der Waals surface area contributed by atoms with E-state index in [0.717, 1.165) is 5.56 Å². The number of ether oxygens (including phenoxy) is 2. The molecule has 1 N–H and O–H groups in total. The Hall–Kier alpha value is -3.01. The number of nitrogens with one attached hydrogen (secondary N) is 1. The molecule has 1 heterocycles. The molecule has 0 radical (unpaired) electrons. The number of hydrazone groups is 1. The second-order valence-electron chi connectivity index (χ2n) is 5.21. The van der Waals surface area contributed by atoms with Gasteiger partial charge in [0.25, 0.3) is 5.88 Å².